The molecule has 0 saturated heterocycles. The Morgan fingerprint density at radius 1 is 0.938 bits per heavy atom. The van der Waals surface area contributed by atoms with Crippen LogP contribution in [0, 0.1) is 0 Å². The Labute approximate surface area is 190 Å². The monoisotopic (exact) mass is 445 g/mol. The van der Waals surface area contributed by atoms with Crippen LogP contribution in [0.4, 0.5) is 10.5 Å². The molecule has 4 aromatic rings. The molecule has 2 N–H and O–H groups in total. The van der Waals surface area contributed by atoms with E-state index in [4.69, 9.17) is 16.6 Å². The number of halogens is 1. The van der Waals surface area contributed by atoms with Crippen molar-refractivity contribution in [3.8, 4) is 11.3 Å². The maximum atomic E-state index is 13.9. The largest absolute Gasteiger partial charge is 0.452 e. The van der Waals surface area contributed by atoms with Crippen molar-refractivity contribution in [2.75, 3.05) is 12.5 Å². The number of ether oxygens (including phenoxy) is 1. The number of methoxy groups -OCH3 is 1. The minimum absolute atomic E-state index is 0.110. The normalized spacial score (nSPS) is 10.6. The molecule has 0 saturated carbocycles. The fourth-order valence-corrected chi connectivity index (χ4v) is 3.83. The smallest absolute Gasteiger partial charge is 0.425 e. The van der Waals surface area contributed by atoms with Crippen LogP contribution in [-0.4, -0.2) is 24.0 Å². The van der Waals surface area contributed by atoms with E-state index in [0.29, 0.717) is 39.0 Å². The van der Waals surface area contributed by atoms with E-state index in [9.17, 15) is 9.59 Å². The van der Waals surface area contributed by atoms with Gasteiger partial charge in [-0.3, -0.25) is 10.2 Å². The molecule has 0 aliphatic rings. The molecule has 7 heteroatoms. The predicted octanol–water partition coefficient (Wildman–Crippen LogP) is 5.55. The van der Waals surface area contributed by atoms with Crippen LogP contribution in [0.2, 0.25) is 0 Å². The van der Waals surface area contributed by atoms with Gasteiger partial charge in [-0.15, -0.1) is 11.6 Å². The molecule has 160 valence electrons. The van der Waals surface area contributed by atoms with E-state index < -0.39 is 6.09 Å². The molecule has 4 rings (SSSR count). The summed E-state index contributed by atoms with van der Waals surface area (Å²) in [5.41, 5.74) is 9.34. The number of para-hydroxylation sites is 2. The van der Waals surface area contributed by atoms with Gasteiger partial charge in [0.1, 0.15) is 0 Å². The first kappa shape index (κ1) is 21.3. The maximum Gasteiger partial charge on any atom is 0.425 e. The molecule has 32 heavy (non-hydrogen) atoms. The molecule has 0 spiro atoms. The first-order valence-electron chi connectivity index (χ1n) is 9.90. The van der Waals surface area contributed by atoms with Gasteiger partial charge in [-0.2, -0.15) is 0 Å². The molecule has 3 aromatic carbocycles. The number of nitrogens with zero attached hydrogens (tertiary/aromatic N) is 1. The molecule has 0 atom stereocenters. The lowest BCUT2D eigenvalue weighted by Crippen LogP contribution is -2.30. The number of carbonyl (C=O) groups excluding carboxylic acids is 2. The third-order valence-corrected chi connectivity index (χ3v) is 5.32. The SMILES string of the molecule is COC(=O)NNc1ccccc1C(=O)c1c(CCl)c(-c2ccccc2)nc2ccccc12. The second-order valence-corrected chi connectivity index (χ2v) is 7.21. The molecule has 0 aliphatic carbocycles. The third kappa shape index (κ3) is 4.13. The van der Waals surface area contributed by atoms with Gasteiger partial charge in [0.25, 0.3) is 0 Å². The number of hydrogen-bond acceptors (Lipinski definition) is 5. The standard InChI is InChI=1S/C25H20ClN3O3/c1-32-25(31)29-28-21-14-8-6-12-18(21)24(30)22-17-11-5-7-13-20(17)27-23(19(22)15-26)16-9-3-2-4-10-16/h2-14,28H,15H2,1H3,(H,29,31). The average molecular weight is 446 g/mol. The zero-order chi connectivity index (χ0) is 22.5. The van der Waals surface area contributed by atoms with Gasteiger partial charge in [0, 0.05) is 27.6 Å². The number of ketones is 1. The molecule has 0 bridgehead atoms. The summed E-state index contributed by atoms with van der Waals surface area (Å²) in [6.45, 7) is 0. The number of fused-ring (bicyclic) bond motifs is 1. The summed E-state index contributed by atoms with van der Waals surface area (Å²) < 4.78 is 4.59. The van der Waals surface area contributed by atoms with E-state index in [1.165, 1.54) is 7.11 Å². The second kappa shape index (κ2) is 9.49. The fourth-order valence-electron chi connectivity index (χ4n) is 3.57. The molecule has 1 heterocycles. The molecule has 6 nitrogen and oxygen atoms in total. The third-order valence-electron chi connectivity index (χ3n) is 5.06. The van der Waals surface area contributed by atoms with Gasteiger partial charge < -0.3 is 4.74 Å². The van der Waals surface area contributed by atoms with Gasteiger partial charge in [-0.05, 0) is 18.2 Å². The summed E-state index contributed by atoms with van der Waals surface area (Å²) in [5.74, 6) is -0.120. The zero-order valence-corrected chi connectivity index (χ0v) is 18.0. The predicted molar refractivity (Wildman–Crippen MR) is 126 cm³/mol. The Morgan fingerprint density at radius 3 is 2.38 bits per heavy atom. The Hall–Kier alpha value is -3.90. The van der Waals surface area contributed by atoms with Gasteiger partial charge in [0.15, 0.2) is 5.78 Å². The van der Waals surface area contributed by atoms with E-state index in [1.54, 1.807) is 24.3 Å². The summed E-state index contributed by atoms with van der Waals surface area (Å²) in [6, 6.07) is 24.1. The van der Waals surface area contributed by atoms with E-state index in [-0.39, 0.29) is 11.7 Å². The summed E-state index contributed by atoms with van der Waals surface area (Å²) in [7, 11) is 1.26. The van der Waals surface area contributed by atoms with Crippen LogP contribution in [0.3, 0.4) is 0 Å². The topological polar surface area (TPSA) is 80.3 Å². The maximum absolute atomic E-state index is 13.9. The van der Waals surface area contributed by atoms with Crippen molar-refractivity contribution in [1.82, 2.24) is 10.4 Å². The minimum atomic E-state index is -0.672. The number of hydrogen-bond donors (Lipinski definition) is 2. The van der Waals surface area contributed by atoms with Crippen molar-refractivity contribution in [3.63, 3.8) is 0 Å². The first-order valence-corrected chi connectivity index (χ1v) is 10.4. The number of nitrogens with one attached hydrogen (secondary N) is 2. The quantitative estimate of drug-likeness (QED) is 0.231. The Morgan fingerprint density at radius 2 is 1.62 bits per heavy atom. The first-order chi connectivity index (χ1) is 15.6. The van der Waals surface area contributed by atoms with Crippen molar-refractivity contribution < 1.29 is 14.3 Å². The van der Waals surface area contributed by atoms with Crippen LogP contribution in [0.15, 0.2) is 78.9 Å². The Kier molecular flexibility index (Phi) is 6.33. The van der Waals surface area contributed by atoms with Crippen LogP contribution < -0.4 is 10.9 Å². The van der Waals surface area contributed by atoms with E-state index >= 15 is 0 Å². The number of carbonyl (C=O) groups is 2. The summed E-state index contributed by atoms with van der Waals surface area (Å²) in [5, 5.41) is 0.712. The van der Waals surface area contributed by atoms with Crippen molar-refractivity contribution >= 4 is 40.1 Å². The highest BCUT2D eigenvalue weighted by Crippen LogP contribution is 2.34. The number of anilines is 1. The summed E-state index contributed by atoms with van der Waals surface area (Å²) >= 11 is 6.40. The summed E-state index contributed by atoms with van der Waals surface area (Å²) in [4.78, 5) is 30.2. The van der Waals surface area contributed by atoms with E-state index in [0.717, 1.165) is 5.56 Å². The van der Waals surface area contributed by atoms with Gasteiger partial charge >= 0.3 is 6.09 Å². The van der Waals surface area contributed by atoms with Gasteiger partial charge in [0.05, 0.1) is 29.9 Å². The molecule has 0 fully saturated rings. The number of alkyl halides is 1. The number of pyridine rings is 1. The number of amides is 1. The highest BCUT2D eigenvalue weighted by Gasteiger charge is 2.23. The van der Waals surface area contributed by atoms with Crippen LogP contribution in [0.1, 0.15) is 21.5 Å². The molecular formula is C25H20ClN3O3. The Bertz CT molecular complexity index is 1290. The Balaban J connectivity index is 1.91. The van der Waals surface area contributed by atoms with Crippen molar-refractivity contribution in [2.24, 2.45) is 0 Å². The zero-order valence-electron chi connectivity index (χ0n) is 17.3. The van der Waals surface area contributed by atoms with Crippen molar-refractivity contribution in [2.45, 2.75) is 5.88 Å². The lowest BCUT2D eigenvalue weighted by molar-refractivity contribution is 0.104. The van der Waals surface area contributed by atoms with Crippen LogP contribution >= 0.6 is 11.6 Å². The van der Waals surface area contributed by atoms with Crippen molar-refractivity contribution in [1.29, 1.82) is 0 Å². The minimum Gasteiger partial charge on any atom is -0.452 e. The average Bonchev–Trinajstić information content (AvgIpc) is 2.86. The number of aromatic nitrogens is 1. The second-order valence-electron chi connectivity index (χ2n) is 6.95. The lowest BCUT2D eigenvalue weighted by atomic mass is 9.91. The molecule has 0 aliphatic heterocycles. The molecule has 1 amide bonds. The van der Waals surface area contributed by atoms with Gasteiger partial charge in [0.2, 0.25) is 0 Å². The van der Waals surface area contributed by atoms with Crippen LogP contribution in [0.25, 0.3) is 22.2 Å². The lowest BCUT2D eigenvalue weighted by Gasteiger charge is -2.17. The number of hydrazine groups is 1. The van der Waals surface area contributed by atoms with Crippen LogP contribution in [-0.2, 0) is 10.6 Å². The van der Waals surface area contributed by atoms with Crippen LogP contribution in [0.5, 0.6) is 0 Å². The fraction of sp³-hybridized carbons (Fsp3) is 0.0800. The van der Waals surface area contributed by atoms with E-state index in [1.807, 2.05) is 54.6 Å². The van der Waals surface area contributed by atoms with Crippen molar-refractivity contribution in [3.05, 3.63) is 95.6 Å². The van der Waals surface area contributed by atoms with Gasteiger partial charge in [-0.1, -0.05) is 60.7 Å². The van der Waals surface area contributed by atoms with E-state index in [2.05, 4.69) is 15.6 Å². The molecule has 0 unspecified atom stereocenters. The molecule has 0 radical (unpaired) electrons. The molecular weight excluding hydrogens is 426 g/mol. The highest BCUT2D eigenvalue weighted by molar-refractivity contribution is 6.23. The number of benzene rings is 3. The number of rotatable bonds is 6. The molecule has 1 aromatic heterocycles. The van der Waals surface area contributed by atoms with Gasteiger partial charge in [-0.25, -0.2) is 15.2 Å². The summed E-state index contributed by atoms with van der Waals surface area (Å²) in [6.07, 6.45) is -0.672. The highest BCUT2D eigenvalue weighted by atomic mass is 35.5.